The smallest absolute Gasteiger partial charge is 0.338 e. The fourth-order valence-electron chi connectivity index (χ4n) is 3.56. The van der Waals surface area contributed by atoms with Crippen molar-refractivity contribution >= 4 is 35.2 Å². The lowest BCUT2D eigenvalue weighted by Gasteiger charge is -2.33. The number of rotatable bonds is 3. The molecule has 2 saturated heterocycles. The molecule has 2 fully saturated rings. The van der Waals surface area contributed by atoms with E-state index >= 15 is 0 Å². The minimum Gasteiger partial charge on any atom is -0.452 e. The maximum Gasteiger partial charge on any atom is 0.338 e. The topological polar surface area (TPSA) is 108 Å². The van der Waals surface area contributed by atoms with Crippen molar-refractivity contribution in [3.05, 3.63) is 23.8 Å². The van der Waals surface area contributed by atoms with Crippen LogP contribution in [0.5, 0.6) is 0 Å². The Hall–Kier alpha value is -3.10. The van der Waals surface area contributed by atoms with Crippen LogP contribution in [-0.2, 0) is 14.3 Å². The molecule has 9 heteroatoms. The van der Waals surface area contributed by atoms with E-state index in [2.05, 4.69) is 10.6 Å². The molecule has 0 bridgehead atoms. The fourth-order valence-corrected chi connectivity index (χ4v) is 3.56. The highest BCUT2D eigenvalue weighted by molar-refractivity contribution is 6.05. The number of ether oxygens (including phenoxy) is 1. The Morgan fingerprint density at radius 2 is 2.08 bits per heavy atom. The van der Waals surface area contributed by atoms with Gasteiger partial charge in [-0.15, -0.1) is 0 Å². The second-order valence-corrected chi connectivity index (χ2v) is 6.43. The van der Waals surface area contributed by atoms with E-state index in [9.17, 15) is 19.2 Å². The van der Waals surface area contributed by atoms with E-state index in [0.717, 1.165) is 30.0 Å². The van der Waals surface area contributed by atoms with E-state index in [1.165, 1.54) is 0 Å². The molecule has 3 heterocycles. The lowest BCUT2D eigenvalue weighted by molar-refractivity contribution is -0.130. The first kappa shape index (κ1) is 16.4. The summed E-state index contributed by atoms with van der Waals surface area (Å²) >= 11 is 0. The molecule has 0 aliphatic carbocycles. The fraction of sp³-hybridized carbons (Fsp3) is 0.412. The molecule has 0 unspecified atom stereocenters. The molecule has 2 N–H and O–H groups in total. The van der Waals surface area contributed by atoms with Crippen LogP contribution in [-0.4, -0.2) is 61.0 Å². The number of fused-ring (bicyclic) bond motifs is 3. The van der Waals surface area contributed by atoms with Crippen LogP contribution in [0.1, 0.15) is 23.2 Å². The van der Waals surface area contributed by atoms with E-state index in [1.807, 2.05) is 4.90 Å². The minimum atomic E-state index is -0.682. The third-order valence-electron chi connectivity index (χ3n) is 4.84. The number of nitrogens with one attached hydrogen (secondary N) is 2. The normalized spacial score (nSPS) is 21.0. The van der Waals surface area contributed by atoms with Crippen molar-refractivity contribution in [2.24, 2.45) is 0 Å². The van der Waals surface area contributed by atoms with Gasteiger partial charge in [-0.3, -0.25) is 14.5 Å². The summed E-state index contributed by atoms with van der Waals surface area (Å²) in [6.45, 7) is 0.947. The number of nitrogens with zero attached hydrogens (tertiary/aromatic N) is 2. The van der Waals surface area contributed by atoms with Crippen LogP contribution >= 0.6 is 0 Å². The largest absolute Gasteiger partial charge is 0.452 e. The average molecular weight is 358 g/mol. The van der Waals surface area contributed by atoms with E-state index in [-0.39, 0.29) is 24.1 Å². The molecule has 1 aromatic carbocycles. The van der Waals surface area contributed by atoms with Crippen LogP contribution in [0.25, 0.3) is 0 Å². The first-order valence-corrected chi connectivity index (χ1v) is 8.51. The Kier molecular flexibility index (Phi) is 3.98. The standard InChI is InChI=1S/C17H18N4O5/c22-14(21-7-5-18-17(21)25)9-26-16(24)10-3-4-12-11(8-10)19-15(23)13-2-1-6-20(12)13/h3-4,8,13H,1-2,5-7,9H2,(H,18,25)(H,19,23)/t13-/m1/s1. The second-order valence-electron chi connectivity index (χ2n) is 6.43. The molecular formula is C17H18N4O5. The zero-order valence-corrected chi connectivity index (χ0v) is 14.0. The Balaban J connectivity index is 1.44. The van der Waals surface area contributed by atoms with Gasteiger partial charge in [0, 0.05) is 19.6 Å². The van der Waals surface area contributed by atoms with Crippen LogP contribution < -0.4 is 15.5 Å². The van der Waals surface area contributed by atoms with E-state index in [1.54, 1.807) is 18.2 Å². The third kappa shape index (κ3) is 2.75. The van der Waals surface area contributed by atoms with Crippen molar-refractivity contribution in [3.63, 3.8) is 0 Å². The highest BCUT2D eigenvalue weighted by Crippen LogP contribution is 2.37. The van der Waals surface area contributed by atoms with Crippen molar-refractivity contribution in [1.82, 2.24) is 10.2 Å². The van der Waals surface area contributed by atoms with Gasteiger partial charge in [0.15, 0.2) is 6.61 Å². The first-order valence-electron chi connectivity index (χ1n) is 8.51. The van der Waals surface area contributed by atoms with Gasteiger partial charge in [-0.25, -0.2) is 9.59 Å². The molecule has 1 atom stereocenters. The van der Waals surface area contributed by atoms with Crippen LogP contribution in [0.2, 0.25) is 0 Å². The van der Waals surface area contributed by atoms with E-state index in [4.69, 9.17) is 4.74 Å². The second kappa shape index (κ2) is 6.32. The van der Waals surface area contributed by atoms with Crippen LogP contribution in [0.4, 0.5) is 16.2 Å². The molecule has 3 aliphatic heterocycles. The van der Waals surface area contributed by atoms with E-state index in [0.29, 0.717) is 12.2 Å². The van der Waals surface area contributed by atoms with Gasteiger partial charge in [0.25, 0.3) is 5.91 Å². The van der Waals surface area contributed by atoms with Crippen molar-refractivity contribution in [2.75, 3.05) is 36.5 Å². The van der Waals surface area contributed by atoms with Gasteiger partial charge in [0.1, 0.15) is 6.04 Å². The molecule has 4 amide bonds. The minimum absolute atomic E-state index is 0.0734. The SMILES string of the molecule is O=C(OCC(=O)N1CCNC1=O)c1ccc2c(c1)NC(=O)[C@H]1CCCN21. The molecule has 0 saturated carbocycles. The molecular weight excluding hydrogens is 340 g/mol. The van der Waals surface area contributed by atoms with Crippen LogP contribution in [0, 0.1) is 0 Å². The number of imide groups is 1. The number of esters is 1. The van der Waals surface area contributed by atoms with Crippen molar-refractivity contribution in [2.45, 2.75) is 18.9 Å². The lowest BCUT2D eigenvalue weighted by atomic mass is 10.1. The van der Waals surface area contributed by atoms with Gasteiger partial charge in [0.2, 0.25) is 5.91 Å². The highest BCUT2D eigenvalue weighted by Gasteiger charge is 2.36. The van der Waals surface area contributed by atoms with Crippen molar-refractivity contribution in [1.29, 1.82) is 0 Å². The van der Waals surface area contributed by atoms with Gasteiger partial charge < -0.3 is 20.3 Å². The maximum absolute atomic E-state index is 12.2. The quantitative estimate of drug-likeness (QED) is 0.753. The molecule has 0 radical (unpaired) electrons. The van der Waals surface area contributed by atoms with Crippen molar-refractivity contribution < 1.29 is 23.9 Å². The van der Waals surface area contributed by atoms with Crippen LogP contribution in [0.15, 0.2) is 18.2 Å². The molecule has 0 spiro atoms. The molecule has 136 valence electrons. The zero-order valence-electron chi connectivity index (χ0n) is 14.0. The molecule has 4 rings (SSSR count). The predicted molar refractivity (Wildman–Crippen MR) is 90.8 cm³/mol. The van der Waals surface area contributed by atoms with Gasteiger partial charge in [0.05, 0.1) is 16.9 Å². The summed E-state index contributed by atoms with van der Waals surface area (Å²) < 4.78 is 5.02. The molecule has 9 nitrogen and oxygen atoms in total. The molecule has 0 aromatic heterocycles. The molecule has 26 heavy (non-hydrogen) atoms. The monoisotopic (exact) mass is 358 g/mol. The highest BCUT2D eigenvalue weighted by atomic mass is 16.5. The zero-order chi connectivity index (χ0) is 18.3. The molecule has 1 aromatic rings. The predicted octanol–water partition coefficient (Wildman–Crippen LogP) is 0.316. The summed E-state index contributed by atoms with van der Waals surface area (Å²) in [6.07, 6.45) is 1.77. The molecule has 3 aliphatic rings. The van der Waals surface area contributed by atoms with Crippen molar-refractivity contribution in [3.8, 4) is 0 Å². The average Bonchev–Trinajstić information content (AvgIpc) is 3.28. The summed E-state index contributed by atoms with van der Waals surface area (Å²) in [7, 11) is 0. The third-order valence-corrected chi connectivity index (χ3v) is 4.84. The lowest BCUT2D eigenvalue weighted by Crippen LogP contribution is -2.43. The number of carbonyl (C=O) groups excluding carboxylic acids is 4. The first-order chi connectivity index (χ1) is 12.5. The van der Waals surface area contributed by atoms with E-state index < -0.39 is 24.5 Å². The maximum atomic E-state index is 12.2. The number of hydrogen-bond donors (Lipinski definition) is 2. The summed E-state index contributed by atoms with van der Waals surface area (Å²) in [5.41, 5.74) is 1.68. The number of urea groups is 1. The number of amides is 4. The Labute approximate surface area is 149 Å². The summed E-state index contributed by atoms with van der Waals surface area (Å²) in [5, 5.41) is 5.33. The Morgan fingerprint density at radius 3 is 2.85 bits per heavy atom. The van der Waals surface area contributed by atoms with Gasteiger partial charge >= 0.3 is 12.0 Å². The van der Waals surface area contributed by atoms with Crippen LogP contribution in [0.3, 0.4) is 0 Å². The van der Waals surface area contributed by atoms with Gasteiger partial charge in [-0.05, 0) is 31.0 Å². The number of benzene rings is 1. The summed E-state index contributed by atoms with van der Waals surface area (Å²) in [6, 6.07) is 4.31. The summed E-state index contributed by atoms with van der Waals surface area (Å²) in [4.78, 5) is 50.8. The van der Waals surface area contributed by atoms with Gasteiger partial charge in [-0.2, -0.15) is 0 Å². The number of anilines is 2. The number of carbonyl (C=O) groups is 4. The Morgan fingerprint density at radius 1 is 1.23 bits per heavy atom. The number of hydrogen-bond acceptors (Lipinski definition) is 6. The summed E-state index contributed by atoms with van der Waals surface area (Å²) in [5.74, 6) is -1.33. The Bertz CT molecular complexity index is 808. The van der Waals surface area contributed by atoms with Gasteiger partial charge in [-0.1, -0.05) is 0 Å².